The number of esters is 1. The maximum Gasteiger partial charge on any atom is 0.443 e. The van der Waals surface area contributed by atoms with E-state index in [1.807, 2.05) is 0 Å². The van der Waals surface area contributed by atoms with Gasteiger partial charge in [-0.3, -0.25) is 9.48 Å². The van der Waals surface area contributed by atoms with Gasteiger partial charge in [0.25, 0.3) is 5.91 Å². The third kappa shape index (κ3) is 6.15. The Morgan fingerprint density at radius 3 is 2.59 bits per heavy atom. The number of rotatable bonds is 7. The molecule has 0 aliphatic rings. The minimum Gasteiger partial charge on any atom is -0.465 e. The summed E-state index contributed by atoms with van der Waals surface area (Å²) in [7, 11) is 1.26. The molecular weight excluding hydrogens is 509 g/mol. The van der Waals surface area contributed by atoms with Crippen molar-refractivity contribution in [2.24, 2.45) is 0 Å². The predicted molar refractivity (Wildman–Crippen MR) is 132 cm³/mol. The second-order valence-corrected chi connectivity index (χ2v) is 9.83. The van der Waals surface area contributed by atoms with Crippen LogP contribution in [0.3, 0.4) is 0 Å². The molecule has 4 aromatic rings. The van der Waals surface area contributed by atoms with Crippen LogP contribution >= 0.6 is 11.3 Å². The summed E-state index contributed by atoms with van der Waals surface area (Å²) in [4.78, 5) is 28.3. The number of aryl methyl sites for hydroxylation is 1. The Balaban J connectivity index is 1.76. The van der Waals surface area contributed by atoms with Crippen molar-refractivity contribution in [3.05, 3.63) is 64.2 Å². The van der Waals surface area contributed by atoms with E-state index in [1.165, 1.54) is 7.11 Å². The lowest BCUT2D eigenvalue weighted by Crippen LogP contribution is -2.21. The number of methoxy groups -OCH3 is 1. The number of anilines is 1. The number of alkyl halides is 3. The molecule has 0 bridgehead atoms. The van der Waals surface area contributed by atoms with Gasteiger partial charge in [0.05, 0.1) is 23.8 Å². The van der Waals surface area contributed by atoms with Crippen molar-refractivity contribution in [1.82, 2.24) is 14.8 Å². The van der Waals surface area contributed by atoms with E-state index in [4.69, 9.17) is 4.74 Å². The van der Waals surface area contributed by atoms with Gasteiger partial charge in [-0.15, -0.1) is 11.3 Å². The van der Waals surface area contributed by atoms with E-state index in [2.05, 4.69) is 15.4 Å². The molecular formula is C25H23F3N4O4S. The van der Waals surface area contributed by atoms with Crippen LogP contribution in [0.15, 0.2) is 48.0 Å². The van der Waals surface area contributed by atoms with Crippen LogP contribution in [0, 0.1) is 0 Å². The van der Waals surface area contributed by atoms with E-state index in [0.717, 1.165) is 5.38 Å². The number of nitrogens with zero attached hydrogens (tertiary/aromatic N) is 3. The van der Waals surface area contributed by atoms with Gasteiger partial charge >= 0.3 is 12.1 Å². The van der Waals surface area contributed by atoms with Crippen molar-refractivity contribution in [1.29, 1.82) is 0 Å². The summed E-state index contributed by atoms with van der Waals surface area (Å²) in [5, 5.41) is 17.8. The van der Waals surface area contributed by atoms with Crippen LogP contribution in [0.5, 0.6) is 0 Å². The number of halogens is 3. The van der Waals surface area contributed by atoms with Gasteiger partial charge in [-0.1, -0.05) is 12.1 Å². The Bertz CT molecular complexity index is 1470. The topological polar surface area (TPSA) is 106 Å². The number of hydrogen-bond donors (Lipinski definition) is 2. The molecule has 0 aliphatic heterocycles. The Labute approximate surface area is 213 Å². The molecule has 0 aliphatic carbocycles. The molecule has 37 heavy (non-hydrogen) atoms. The molecule has 0 saturated carbocycles. The molecule has 1 amide bonds. The van der Waals surface area contributed by atoms with Crippen LogP contribution in [0.25, 0.3) is 22.0 Å². The van der Waals surface area contributed by atoms with Gasteiger partial charge < -0.3 is 15.2 Å². The summed E-state index contributed by atoms with van der Waals surface area (Å²) < 4.78 is 45.4. The molecule has 194 valence electrons. The van der Waals surface area contributed by atoms with Crippen LogP contribution in [0.1, 0.15) is 46.1 Å². The number of ether oxygens (including phenoxy) is 1. The highest BCUT2D eigenvalue weighted by Gasteiger charge is 2.35. The monoisotopic (exact) mass is 532 g/mol. The van der Waals surface area contributed by atoms with Crippen LogP contribution in [-0.4, -0.2) is 44.5 Å². The number of aromatic nitrogens is 3. The molecule has 0 radical (unpaired) electrons. The van der Waals surface area contributed by atoms with Gasteiger partial charge in [0.15, 0.2) is 5.01 Å². The maximum absolute atomic E-state index is 13.0. The number of amides is 1. The molecule has 0 unspecified atom stereocenters. The number of thiazole rings is 1. The number of hydrogen-bond acceptors (Lipinski definition) is 7. The van der Waals surface area contributed by atoms with Gasteiger partial charge in [-0.25, -0.2) is 9.78 Å². The summed E-state index contributed by atoms with van der Waals surface area (Å²) in [6.07, 6.45) is -2.46. The van der Waals surface area contributed by atoms with Crippen LogP contribution < -0.4 is 5.32 Å². The highest BCUT2D eigenvalue weighted by molar-refractivity contribution is 7.10. The Morgan fingerprint density at radius 2 is 1.95 bits per heavy atom. The molecule has 2 aromatic heterocycles. The summed E-state index contributed by atoms with van der Waals surface area (Å²) in [5.41, 5.74) is 0.948. The Morgan fingerprint density at radius 1 is 1.19 bits per heavy atom. The first-order valence-corrected chi connectivity index (χ1v) is 12.0. The van der Waals surface area contributed by atoms with E-state index in [0.29, 0.717) is 52.0 Å². The average molecular weight is 533 g/mol. The van der Waals surface area contributed by atoms with Crippen LogP contribution in [-0.2, 0) is 17.5 Å². The third-order valence-corrected chi connectivity index (χ3v) is 6.35. The minimum atomic E-state index is -4.65. The lowest BCUT2D eigenvalue weighted by Gasteiger charge is -2.16. The molecule has 4 rings (SSSR count). The van der Waals surface area contributed by atoms with E-state index in [1.54, 1.807) is 61.1 Å². The van der Waals surface area contributed by atoms with Crippen molar-refractivity contribution in [2.45, 2.75) is 38.6 Å². The summed E-state index contributed by atoms with van der Waals surface area (Å²) in [5.74, 6) is -1.36. The first kappa shape index (κ1) is 26.3. The molecule has 2 aromatic carbocycles. The molecule has 0 fully saturated rings. The number of nitrogens with one attached hydrogen (secondary N) is 1. The third-order valence-electron chi connectivity index (χ3n) is 5.47. The van der Waals surface area contributed by atoms with E-state index in [9.17, 15) is 27.9 Å². The molecule has 12 heteroatoms. The van der Waals surface area contributed by atoms with E-state index < -0.39 is 28.7 Å². The Hall–Kier alpha value is -3.77. The van der Waals surface area contributed by atoms with Crippen molar-refractivity contribution < 1.29 is 32.6 Å². The van der Waals surface area contributed by atoms with Crippen molar-refractivity contribution in [2.75, 3.05) is 12.4 Å². The second-order valence-electron chi connectivity index (χ2n) is 8.97. The van der Waals surface area contributed by atoms with Gasteiger partial charge in [-0.05, 0) is 50.1 Å². The fourth-order valence-electron chi connectivity index (χ4n) is 3.59. The van der Waals surface area contributed by atoms with Crippen molar-refractivity contribution in [3.63, 3.8) is 0 Å². The first-order chi connectivity index (χ1) is 17.3. The van der Waals surface area contributed by atoms with Crippen molar-refractivity contribution >= 4 is 39.8 Å². The maximum atomic E-state index is 13.0. The van der Waals surface area contributed by atoms with Crippen LogP contribution in [0.4, 0.5) is 18.9 Å². The van der Waals surface area contributed by atoms with E-state index >= 15 is 0 Å². The first-order valence-electron chi connectivity index (χ1n) is 11.1. The standard InChI is InChI=1S/C25H23F3N4O4S/c1-24(2,35)7-8-32-12-16-10-19(29-21(33)20-13-37-23(30-20)25(26,27)28)17(11-18(16)31-32)14-5-4-6-15(9-14)22(34)36-3/h4-6,9-13,35H,7-8H2,1-3H3,(H,29,33). The zero-order valence-electron chi connectivity index (χ0n) is 20.1. The molecule has 2 N–H and O–H groups in total. The minimum absolute atomic E-state index is 0.280. The summed E-state index contributed by atoms with van der Waals surface area (Å²) in [6, 6.07) is 9.89. The summed E-state index contributed by atoms with van der Waals surface area (Å²) in [6.45, 7) is 3.82. The fourth-order valence-corrected chi connectivity index (χ4v) is 4.26. The number of carbonyl (C=O) groups excluding carboxylic acids is 2. The zero-order valence-corrected chi connectivity index (χ0v) is 20.9. The second kappa shape index (κ2) is 9.94. The van der Waals surface area contributed by atoms with Crippen molar-refractivity contribution in [3.8, 4) is 11.1 Å². The molecule has 0 saturated heterocycles. The van der Waals surface area contributed by atoms with Gasteiger partial charge in [0, 0.05) is 34.8 Å². The lowest BCUT2D eigenvalue weighted by atomic mass is 9.99. The normalized spacial score (nSPS) is 12.1. The number of fused-ring (bicyclic) bond motifs is 1. The van der Waals surface area contributed by atoms with Crippen LogP contribution in [0.2, 0.25) is 0 Å². The molecule has 8 nitrogen and oxygen atoms in total. The smallest absolute Gasteiger partial charge is 0.443 e. The molecule has 0 atom stereocenters. The SMILES string of the molecule is COC(=O)c1cccc(-c2cc3nn(CCC(C)(C)O)cc3cc2NC(=O)c2csc(C(F)(F)F)n2)c1. The summed E-state index contributed by atoms with van der Waals surface area (Å²) >= 11 is 0.335. The number of carbonyl (C=O) groups is 2. The lowest BCUT2D eigenvalue weighted by molar-refractivity contribution is -0.137. The largest absolute Gasteiger partial charge is 0.465 e. The fraction of sp³-hybridized carbons (Fsp3) is 0.280. The number of benzene rings is 2. The number of aliphatic hydroxyl groups is 1. The average Bonchev–Trinajstić information content (AvgIpc) is 3.48. The zero-order chi connectivity index (χ0) is 27.0. The van der Waals surface area contributed by atoms with Gasteiger partial charge in [0.2, 0.25) is 0 Å². The Kier molecular flexibility index (Phi) is 7.07. The quantitative estimate of drug-likeness (QED) is 0.310. The highest BCUT2D eigenvalue weighted by Crippen LogP contribution is 2.35. The molecule has 2 heterocycles. The van der Waals surface area contributed by atoms with Gasteiger partial charge in [-0.2, -0.15) is 18.3 Å². The predicted octanol–water partition coefficient (Wildman–Crippen LogP) is 5.38. The van der Waals surface area contributed by atoms with Gasteiger partial charge in [0.1, 0.15) is 5.69 Å². The molecule has 0 spiro atoms. The highest BCUT2D eigenvalue weighted by atomic mass is 32.1. The van der Waals surface area contributed by atoms with E-state index in [-0.39, 0.29) is 11.3 Å².